The first-order valence-electron chi connectivity index (χ1n) is 9.56. The number of amides is 1. The van der Waals surface area contributed by atoms with Gasteiger partial charge in [-0.2, -0.15) is 0 Å². The van der Waals surface area contributed by atoms with Gasteiger partial charge in [-0.05, 0) is 37.1 Å². The van der Waals surface area contributed by atoms with Crippen molar-refractivity contribution in [2.24, 2.45) is 4.99 Å². The average molecular weight is 431 g/mol. The van der Waals surface area contributed by atoms with Crippen molar-refractivity contribution in [2.45, 2.75) is 18.9 Å². The molecule has 0 spiro atoms. The summed E-state index contributed by atoms with van der Waals surface area (Å²) in [5.74, 6) is -0.609. The summed E-state index contributed by atoms with van der Waals surface area (Å²) in [4.78, 5) is 17.2. The highest BCUT2D eigenvalue weighted by molar-refractivity contribution is 6.31. The van der Waals surface area contributed by atoms with Crippen LogP contribution in [0, 0.1) is 5.82 Å². The molecule has 1 atom stereocenters. The zero-order valence-electron chi connectivity index (χ0n) is 16.3. The second kappa shape index (κ2) is 8.85. The van der Waals surface area contributed by atoms with E-state index >= 15 is 0 Å². The number of fused-ring (bicyclic) bond motifs is 1. The highest BCUT2D eigenvalue weighted by Gasteiger charge is 2.19. The SMILES string of the molecule is COc1cccc2cc(C(=O)NCC3CCCO3)c(=Nc3cccc(Cl)c3F)oc12. The fourth-order valence-electron chi connectivity index (χ4n) is 3.33. The molecule has 1 aliphatic rings. The number of para-hydroxylation sites is 1. The fraction of sp³-hybridized carbons (Fsp3) is 0.273. The number of nitrogens with one attached hydrogen (secondary N) is 1. The number of carbonyl (C=O) groups excluding carboxylic acids is 1. The Morgan fingerprint density at radius 2 is 2.17 bits per heavy atom. The topological polar surface area (TPSA) is 73.1 Å². The predicted molar refractivity (Wildman–Crippen MR) is 111 cm³/mol. The van der Waals surface area contributed by atoms with E-state index in [1.54, 1.807) is 30.3 Å². The summed E-state index contributed by atoms with van der Waals surface area (Å²) in [5, 5.41) is 3.44. The van der Waals surface area contributed by atoms with Gasteiger partial charge in [0.2, 0.25) is 5.55 Å². The second-order valence-corrected chi connectivity index (χ2v) is 7.28. The lowest BCUT2D eigenvalue weighted by Crippen LogP contribution is -2.34. The van der Waals surface area contributed by atoms with Gasteiger partial charge in [-0.3, -0.25) is 4.79 Å². The molecular formula is C22H20ClFN2O4. The van der Waals surface area contributed by atoms with Crippen molar-refractivity contribution in [3.8, 4) is 5.75 Å². The molecule has 4 rings (SSSR count). The van der Waals surface area contributed by atoms with Crippen LogP contribution in [0.1, 0.15) is 23.2 Å². The number of hydrogen-bond acceptors (Lipinski definition) is 5. The van der Waals surface area contributed by atoms with E-state index in [4.69, 9.17) is 25.5 Å². The van der Waals surface area contributed by atoms with Gasteiger partial charge >= 0.3 is 0 Å². The van der Waals surface area contributed by atoms with Gasteiger partial charge in [0, 0.05) is 18.5 Å². The van der Waals surface area contributed by atoms with Crippen molar-refractivity contribution in [1.82, 2.24) is 5.32 Å². The third kappa shape index (κ3) is 4.17. The molecule has 1 amide bonds. The molecule has 1 saturated heterocycles. The third-order valence-electron chi connectivity index (χ3n) is 4.87. The molecule has 2 heterocycles. The van der Waals surface area contributed by atoms with Gasteiger partial charge in [0.05, 0.1) is 18.2 Å². The minimum absolute atomic E-state index is 0.0165. The zero-order chi connectivity index (χ0) is 21.1. The van der Waals surface area contributed by atoms with Crippen molar-refractivity contribution in [1.29, 1.82) is 0 Å². The highest BCUT2D eigenvalue weighted by Crippen LogP contribution is 2.27. The fourth-order valence-corrected chi connectivity index (χ4v) is 3.50. The van der Waals surface area contributed by atoms with Gasteiger partial charge in [0.25, 0.3) is 5.91 Å². The van der Waals surface area contributed by atoms with E-state index in [0.717, 1.165) is 12.8 Å². The van der Waals surface area contributed by atoms with E-state index in [1.165, 1.54) is 19.2 Å². The Morgan fingerprint density at radius 3 is 2.93 bits per heavy atom. The van der Waals surface area contributed by atoms with Gasteiger partial charge in [0.15, 0.2) is 17.1 Å². The summed E-state index contributed by atoms with van der Waals surface area (Å²) in [6.45, 7) is 1.07. The molecular weight excluding hydrogens is 411 g/mol. The molecule has 1 aromatic heterocycles. The Balaban J connectivity index is 1.82. The van der Waals surface area contributed by atoms with Crippen LogP contribution in [0.4, 0.5) is 10.1 Å². The van der Waals surface area contributed by atoms with Crippen LogP contribution >= 0.6 is 11.6 Å². The molecule has 1 aliphatic heterocycles. The Bertz CT molecular complexity index is 1160. The smallest absolute Gasteiger partial charge is 0.256 e. The summed E-state index contributed by atoms with van der Waals surface area (Å²) in [5.41, 5.74) is 0.497. The van der Waals surface area contributed by atoms with Gasteiger partial charge in [-0.25, -0.2) is 9.38 Å². The van der Waals surface area contributed by atoms with Crippen LogP contribution in [0.15, 0.2) is 51.9 Å². The summed E-state index contributed by atoms with van der Waals surface area (Å²) >= 11 is 5.87. The number of halogens is 2. The number of ether oxygens (including phenoxy) is 2. The average Bonchev–Trinajstić information content (AvgIpc) is 3.28. The van der Waals surface area contributed by atoms with Crippen LogP contribution in [0.2, 0.25) is 5.02 Å². The molecule has 3 aromatic rings. The van der Waals surface area contributed by atoms with E-state index in [0.29, 0.717) is 29.9 Å². The van der Waals surface area contributed by atoms with E-state index in [9.17, 15) is 9.18 Å². The Kier molecular flexibility index (Phi) is 6.01. The number of benzene rings is 2. The maximum Gasteiger partial charge on any atom is 0.256 e. The van der Waals surface area contributed by atoms with E-state index in [-0.39, 0.29) is 33.8 Å². The lowest BCUT2D eigenvalue weighted by atomic mass is 10.1. The van der Waals surface area contributed by atoms with Gasteiger partial charge in [-0.1, -0.05) is 29.8 Å². The van der Waals surface area contributed by atoms with Crippen LogP contribution in [-0.4, -0.2) is 32.3 Å². The molecule has 1 N–H and O–H groups in total. The molecule has 0 aliphatic carbocycles. The molecule has 0 radical (unpaired) electrons. The molecule has 6 nitrogen and oxygen atoms in total. The minimum atomic E-state index is -0.694. The normalized spacial score (nSPS) is 16.8. The van der Waals surface area contributed by atoms with E-state index < -0.39 is 5.82 Å². The largest absolute Gasteiger partial charge is 0.493 e. The van der Waals surface area contributed by atoms with Crippen LogP contribution in [0.25, 0.3) is 11.0 Å². The van der Waals surface area contributed by atoms with Gasteiger partial charge < -0.3 is 19.2 Å². The predicted octanol–water partition coefficient (Wildman–Crippen LogP) is 4.38. The van der Waals surface area contributed by atoms with Crippen LogP contribution in [-0.2, 0) is 4.74 Å². The van der Waals surface area contributed by atoms with E-state index in [2.05, 4.69) is 10.3 Å². The summed E-state index contributed by atoms with van der Waals surface area (Å²) in [7, 11) is 1.51. The molecule has 2 aromatic carbocycles. The standard InChI is InChI=1S/C22H20ClFN2O4/c1-28-18-9-2-5-13-11-15(21(27)25-12-14-6-4-10-29-14)22(30-20(13)18)26-17-8-3-7-16(23)19(17)24/h2-3,5,7-9,11,14H,4,6,10,12H2,1H3,(H,25,27). The van der Waals surface area contributed by atoms with Gasteiger partial charge in [0.1, 0.15) is 11.3 Å². The summed E-state index contributed by atoms with van der Waals surface area (Å²) in [6.07, 6.45) is 1.85. The maximum atomic E-state index is 14.4. The van der Waals surface area contributed by atoms with Crippen LogP contribution in [0.3, 0.4) is 0 Å². The van der Waals surface area contributed by atoms with Crippen molar-refractivity contribution < 1.29 is 23.1 Å². The van der Waals surface area contributed by atoms with Gasteiger partial charge in [-0.15, -0.1) is 0 Å². The number of rotatable bonds is 5. The van der Waals surface area contributed by atoms with Crippen LogP contribution in [0.5, 0.6) is 5.75 Å². The van der Waals surface area contributed by atoms with Crippen molar-refractivity contribution in [3.05, 3.63) is 64.4 Å². The van der Waals surface area contributed by atoms with Crippen molar-refractivity contribution in [2.75, 3.05) is 20.3 Å². The van der Waals surface area contributed by atoms with Crippen molar-refractivity contribution >= 4 is 34.2 Å². The molecule has 156 valence electrons. The first-order valence-corrected chi connectivity index (χ1v) is 9.94. The summed E-state index contributed by atoms with van der Waals surface area (Å²) < 4.78 is 31.2. The van der Waals surface area contributed by atoms with Crippen LogP contribution < -0.4 is 15.6 Å². The number of nitrogens with zero attached hydrogens (tertiary/aromatic N) is 1. The van der Waals surface area contributed by atoms with Crippen molar-refractivity contribution in [3.63, 3.8) is 0 Å². The summed E-state index contributed by atoms with van der Waals surface area (Å²) in [6, 6.07) is 11.4. The lowest BCUT2D eigenvalue weighted by molar-refractivity contribution is 0.0854. The zero-order valence-corrected chi connectivity index (χ0v) is 17.0. The molecule has 1 unspecified atom stereocenters. The first kappa shape index (κ1) is 20.4. The third-order valence-corrected chi connectivity index (χ3v) is 5.16. The Hall–Kier alpha value is -2.90. The maximum absolute atomic E-state index is 14.4. The Labute approximate surface area is 177 Å². The number of carbonyl (C=O) groups is 1. The molecule has 0 saturated carbocycles. The quantitative estimate of drug-likeness (QED) is 0.652. The van der Waals surface area contributed by atoms with E-state index in [1.807, 2.05) is 0 Å². The molecule has 1 fully saturated rings. The second-order valence-electron chi connectivity index (χ2n) is 6.87. The number of methoxy groups -OCH3 is 1. The minimum Gasteiger partial charge on any atom is -0.493 e. The molecule has 8 heteroatoms. The lowest BCUT2D eigenvalue weighted by Gasteiger charge is -2.12. The molecule has 0 bridgehead atoms. The highest BCUT2D eigenvalue weighted by atomic mass is 35.5. The first-order chi connectivity index (χ1) is 14.6. The molecule has 30 heavy (non-hydrogen) atoms. The Morgan fingerprint density at radius 1 is 1.33 bits per heavy atom. The monoisotopic (exact) mass is 430 g/mol. The number of hydrogen-bond donors (Lipinski definition) is 1.